The Morgan fingerprint density at radius 2 is 2.50 bits per heavy atom. The van der Waals surface area contributed by atoms with Crippen molar-refractivity contribution in [2.75, 3.05) is 26.7 Å². The zero-order chi connectivity index (χ0) is 5.98. The second-order valence-electron chi connectivity index (χ2n) is 2.26. The van der Waals surface area contributed by atoms with Gasteiger partial charge in [0.1, 0.15) is 0 Å². The molecule has 2 heteroatoms. The van der Waals surface area contributed by atoms with Gasteiger partial charge in [-0.1, -0.05) is 0 Å². The fourth-order valence-corrected chi connectivity index (χ4v) is 0.867. The number of nitrogens with zero attached hydrogens (tertiary/aromatic N) is 1. The van der Waals surface area contributed by atoms with Crippen LogP contribution in [0.25, 0.3) is 0 Å². The third kappa shape index (κ3) is 1.46. The summed E-state index contributed by atoms with van der Waals surface area (Å²) in [5, 5.41) is 0. The van der Waals surface area contributed by atoms with E-state index in [1.54, 1.807) is 0 Å². The van der Waals surface area contributed by atoms with Crippen LogP contribution in [0.4, 0.5) is 0 Å². The van der Waals surface area contributed by atoms with Crippen molar-refractivity contribution >= 4 is 0 Å². The van der Waals surface area contributed by atoms with Gasteiger partial charge >= 0.3 is 0 Å². The van der Waals surface area contributed by atoms with E-state index in [0.717, 1.165) is 19.7 Å². The van der Waals surface area contributed by atoms with E-state index in [4.69, 9.17) is 4.74 Å². The van der Waals surface area contributed by atoms with Crippen molar-refractivity contribution < 1.29 is 4.74 Å². The molecule has 1 fully saturated rings. The predicted octanol–water partition coefficient (Wildman–Crippen LogP) is 0.151. The molecule has 0 aromatic rings. The molecule has 0 aromatic carbocycles. The fraction of sp³-hybridized carbons (Fsp3) is 0.833. The van der Waals surface area contributed by atoms with E-state index < -0.39 is 0 Å². The lowest BCUT2D eigenvalue weighted by molar-refractivity contribution is 0.00542. The number of rotatable bonds is 0. The molecule has 1 aliphatic rings. The average molecular weight is 114 g/mol. The number of likely N-dealkylation sites (N-methyl/N-ethyl adjacent to an activating group) is 1. The third-order valence-electron chi connectivity index (χ3n) is 1.34. The van der Waals surface area contributed by atoms with Crippen molar-refractivity contribution in [3.05, 3.63) is 6.92 Å². The first kappa shape index (κ1) is 6.05. The molecule has 0 aromatic heterocycles. The van der Waals surface area contributed by atoms with Gasteiger partial charge in [-0.05, 0) is 14.0 Å². The Hall–Kier alpha value is -0.0800. The molecule has 0 aliphatic carbocycles. The molecule has 0 saturated carbocycles. The van der Waals surface area contributed by atoms with Gasteiger partial charge in [0, 0.05) is 13.1 Å². The highest BCUT2D eigenvalue weighted by molar-refractivity contribution is 4.69. The molecule has 1 saturated heterocycles. The Morgan fingerprint density at radius 3 is 2.88 bits per heavy atom. The molecule has 1 unspecified atom stereocenters. The van der Waals surface area contributed by atoms with Crippen molar-refractivity contribution in [2.24, 2.45) is 0 Å². The summed E-state index contributed by atoms with van der Waals surface area (Å²) < 4.78 is 5.20. The molecule has 1 radical (unpaired) electrons. The van der Waals surface area contributed by atoms with Gasteiger partial charge in [0.15, 0.2) is 0 Å². The monoisotopic (exact) mass is 114 g/mol. The van der Waals surface area contributed by atoms with E-state index in [1.165, 1.54) is 0 Å². The molecule has 0 amide bonds. The van der Waals surface area contributed by atoms with Crippen molar-refractivity contribution in [1.82, 2.24) is 4.90 Å². The lowest BCUT2D eigenvalue weighted by Gasteiger charge is -2.27. The van der Waals surface area contributed by atoms with Crippen LogP contribution in [-0.4, -0.2) is 37.7 Å². The zero-order valence-electron chi connectivity index (χ0n) is 5.26. The van der Waals surface area contributed by atoms with E-state index in [9.17, 15) is 0 Å². The SMILES string of the molecule is [CH2]C1CN(C)CCO1. The van der Waals surface area contributed by atoms with Gasteiger partial charge < -0.3 is 9.64 Å². The molecule has 0 N–H and O–H groups in total. The third-order valence-corrected chi connectivity index (χ3v) is 1.34. The van der Waals surface area contributed by atoms with Gasteiger partial charge in [-0.25, -0.2) is 0 Å². The minimum Gasteiger partial charge on any atom is -0.376 e. The topological polar surface area (TPSA) is 12.5 Å². The molecule has 1 rings (SSSR count). The van der Waals surface area contributed by atoms with Gasteiger partial charge in [-0.3, -0.25) is 0 Å². The van der Waals surface area contributed by atoms with Crippen molar-refractivity contribution in [1.29, 1.82) is 0 Å². The summed E-state index contributed by atoms with van der Waals surface area (Å²) in [4.78, 5) is 2.22. The van der Waals surface area contributed by atoms with E-state index in [0.29, 0.717) is 0 Å². The highest BCUT2D eigenvalue weighted by atomic mass is 16.5. The number of morpholine rings is 1. The number of hydrogen-bond donors (Lipinski definition) is 0. The summed E-state index contributed by atoms with van der Waals surface area (Å²) in [5.74, 6) is 0. The van der Waals surface area contributed by atoms with Gasteiger partial charge in [0.2, 0.25) is 0 Å². The second-order valence-corrected chi connectivity index (χ2v) is 2.26. The van der Waals surface area contributed by atoms with Gasteiger partial charge in [0.25, 0.3) is 0 Å². The van der Waals surface area contributed by atoms with Crippen LogP contribution < -0.4 is 0 Å². The molecule has 1 atom stereocenters. The van der Waals surface area contributed by atoms with E-state index in [2.05, 4.69) is 18.9 Å². The quantitative estimate of drug-likeness (QED) is 0.444. The van der Waals surface area contributed by atoms with Gasteiger partial charge in [-0.2, -0.15) is 0 Å². The van der Waals surface area contributed by atoms with E-state index in [-0.39, 0.29) is 6.10 Å². The predicted molar refractivity (Wildman–Crippen MR) is 32.6 cm³/mol. The van der Waals surface area contributed by atoms with Crippen LogP contribution in [0.5, 0.6) is 0 Å². The van der Waals surface area contributed by atoms with Crippen LogP contribution in [0.1, 0.15) is 0 Å². The van der Waals surface area contributed by atoms with Crippen LogP contribution in [0, 0.1) is 6.92 Å². The summed E-state index contributed by atoms with van der Waals surface area (Å²) in [6.45, 7) is 6.64. The lowest BCUT2D eigenvalue weighted by Crippen LogP contribution is -2.38. The van der Waals surface area contributed by atoms with Gasteiger partial charge in [0.05, 0.1) is 12.7 Å². The second kappa shape index (κ2) is 2.46. The van der Waals surface area contributed by atoms with E-state index in [1.807, 2.05) is 0 Å². The molecule has 0 bridgehead atoms. The Balaban J connectivity index is 2.23. The van der Waals surface area contributed by atoms with Crippen molar-refractivity contribution in [3.63, 3.8) is 0 Å². The summed E-state index contributed by atoms with van der Waals surface area (Å²) in [6, 6.07) is 0. The first-order valence-corrected chi connectivity index (χ1v) is 2.92. The largest absolute Gasteiger partial charge is 0.376 e. The van der Waals surface area contributed by atoms with Crippen LogP contribution in [0.15, 0.2) is 0 Å². The van der Waals surface area contributed by atoms with Crippen molar-refractivity contribution in [2.45, 2.75) is 6.10 Å². The normalized spacial score (nSPS) is 33.0. The molecule has 2 nitrogen and oxygen atoms in total. The molecule has 47 valence electrons. The maximum Gasteiger partial charge on any atom is 0.0703 e. The molecule has 1 heterocycles. The highest BCUT2D eigenvalue weighted by Gasteiger charge is 2.11. The maximum absolute atomic E-state index is 5.20. The molecular weight excluding hydrogens is 102 g/mol. The Morgan fingerprint density at radius 1 is 1.75 bits per heavy atom. The Bertz CT molecular complexity index is 66.9. The molecule has 1 aliphatic heterocycles. The van der Waals surface area contributed by atoms with Crippen LogP contribution in [0.2, 0.25) is 0 Å². The lowest BCUT2D eigenvalue weighted by atomic mass is 10.3. The Kier molecular flexibility index (Phi) is 1.86. The standard InChI is InChI=1S/C6H12NO/c1-6-5-7(2)3-4-8-6/h6H,1,3-5H2,2H3. The first-order chi connectivity index (χ1) is 3.79. The highest BCUT2D eigenvalue weighted by Crippen LogP contribution is 1.99. The van der Waals surface area contributed by atoms with Crippen LogP contribution in [0.3, 0.4) is 0 Å². The summed E-state index contributed by atoms with van der Waals surface area (Å²) >= 11 is 0. The number of ether oxygens (including phenoxy) is 1. The van der Waals surface area contributed by atoms with Crippen LogP contribution >= 0.6 is 0 Å². The molecule has 0 spiro atoms. The minimum absolute atomic E-state index is 0.189. The average Bonchev–Trinajstić information content (AvgIpc) is 1.64. The maximum atomic E-state index is 5.20. The summed E-state index contributed by atoms with van der Waals surface area (Å²) in [5.41, 5.74) is 0. The van der Waals surface area contributed by atoms with E-state index >= 15 is 0 Å². The molecular formula is C6H12NO. The summed E-state index contributed by atoms with van der Waals surface area (Å²) in [6.07, 6.45) is 0.189. The number of hydrogen-bond acceptors (Lipinski definition) is 2. The smallest absolute Gasteiger partial charge is 0.0703 e. The van der Waals surface area contributed by atoms with Crippen molar-refractivity contribution in [3.8, 4) is 0 Å². The Labute approximate surface area is 50.4 Å². The molecule has 8 heavy (non-hydrogen) atoms. The minimum atomic E-state index is 0.189. The van der Waals surface area contributed by atoms with Crippen LogP contribution in [-0.2, 0) is 4.74 Å². The summed E-state index contributed by atoms with van der Waals surface area (Å²) in [7, 11) is 2.08. The first-order valence-electron chi connectivity index (χ1n) is 2.92. The van der Waals surface area contributed by atoms with Gasteiger partial charge in [-0.15, -0.1) is 0 Å². The zero-order valence-corrected chi connectivity index (χ0v) is 5.26. The fourth-order valence-electron chi connectivity index (χ4n) is 0.867.